The molecule has 0 aromatic heterocycles. The van der Waals surface area contributed by atoms with Crippen molar-refractivity contribution in [3.63, 3.8) is 0 Å². The quantitative estimate of drug-likeness (QED) is 0.0448. The van der Waals surface area contributed by atoms with Crippen LogP contribution in [-0.4, -0.2) is 60.3 Å². The van der Waals surface area contributed by atoms with Crippen molar-refractivity contribution in [2.45, 2.75) is 79.0 Å². The number of nitrogens with zero attached hydrogens (tertiary/aromatic N) is 1. The number of nitrogens with two attached hydrogens (primary N) is 1. The Hall–Kier alpha value is -3.42. The van der Waals surface area contributed by atoms with Crippen LogP contribution in [0.15, 0.2) is 65.6 Å². The van der Waals surface area contributed by atoms with Gasteiger partial charge in [0.05, 0.1) is 22.1 Å². The Bertz CT molecular complexity index is 1410. The number of carbonyl (C=O) groups excluding carboxylic acids is 3. The van der Waals surface area contributed by atoms with Crippen LogP contribution in [0.4, 0.5) is 0 Å². The van der Waals surface area contributed by atoms with E-state index in [0.29, 0.717) is 19.3 Å². The summed E-state index contributed by atoms with van der Waals surface area (Å²) in [6.45, 7) is 16.4. The molecule has 48 heavy (non-hydrogen) atoms. The van der Waals surface area contributed by atoms with Crippen LogP contribution in [0.1, 0.15) is 78.4 Å². The average Bonchev–Trinajstić information content (AvgIpc) is 3.04. The normalized spacial score (nSPS) is 14.3. The van der Waals surface area contributed by atoms with Crippen molar-refractivity contribution in [3.8, 4) is 0 Å². The van der Waals surface area contributed by atoms with E-state index in [4.69, 9.17) is 10.4 Å². The SMILES string of the molecule is CCN(CC)CCCC(=O)C(/C=C/c1ccccc1)(CC(C)C)[C@@H](C(=O)NO)[C@@H](CC(C)C)C(=O)NN.Cc1ccc(S(=O)(=O)O)cc1. The lowest BCUT2D eigenvalue weighted by Crippen LogP contribution is -2.54. The highest BCUT2D eigenvalue weighted by Crippen LogP contribution is 2.45. The molecule has 2 aromatic rings. The molecule has 6 N–H and O–H groups in total. The number of hydrogen-bond donors (Lipinski definition) is 5. The van der Waals surface area contributed by atoms with Gasteiger partial charge < -0.3 is 4.90 Å². The van der Waals surface area contributed by atoms with Crippen LogP contribution in [0.3, 0.4) is 0 Å². The standard InChI is InChI=1S/C29H48N4O4.C7H8O3S/c1-7-33(8-2)18-12-15-25(34)29(20-22(5)6,17-16-23-13-10-9-11-14-23)26(28(36)32-37)24(19-21(3)4)27(35)31-30;1-6-2-4-7(5-3-6)11(8,9)10/h9-11,13-14,16-17,21-22,24,26,37H,7-8,12,15,18-20,30H2,1-6H3,(H,31,35)(H,32,36);2-5H,1H3,(H,8,9,10)/b17-16+;/t24-,26-,29?;/m1./s1. The number of hydrogen-bond acceptors (Lipinski definition) is 8. The molecule has 1 unspecified atom stereocenters. The minimum absolute atomic E-state index is 0.0294. The summed E-state index contributed by atoms with van der Waals surface area (Å²) in [6.07, 6.45) is 5.17. The Kier molecular flexibility index (Phi) is 18.5. The van der Waals surface area contributed by atoms with Gasteiger partial charge in [0.25, 0.3) is 10.1 Å². The first-order chi connectivity index (χ1) is 22.6. The number of carbonyl (C=O) groups is 3. The zero-order valence-corrected chi connectivity index (χ0v) is 30.3. The van der Waals surface area contributed by atoms with Gasteiger partial charge in [-0.05, 0) is 75.4 Å². The van der Waals surface area contributed by atoms with Gasteiger partial charge in [-0.25, -0.2) is 11.3 Å². The monoisotopic (exact) mass is 688 g/mol. The number of aryl methyl sites for hydroxylation is 1. The van der Waals surface area contributed by atoms with E-state index in [1.807, 2.05) is 71.0 Å². The van der Waals surface area contributed by atoms with Crippen molar-refractivity contribution >= 4 is 33.8 Å². The van der Waals surface area contributed by atoms with Crippen LogP contribution in [-0.2, 0) is 24.5 Å². The fourth-order valence-corrected chi connectivity index (χ4v) is 6.44. The number of benzene rings is 2. The number of ketones is 1. The number of amides is 2. The zero-order chi connectivity index (χ0) is 36.5. The van der Waals surface area contributed by atoms with Crippen molar-refractivity contribution in [1.29, 1.82) is 0 Å². The lowest BCUT2D eigenvalue weighted by molar-refractivity contribution is -0.151. The second kappa shape index (κ2) is 20.8. The minimum atomic E-state index is -4.02. The predicted octanol–water partition coefficient (Wildman–Crippen LogP) is 5.44. The molecule has 0 radical (unpaired) electrons. The number of allylic oxidation sites excluding steroid dienone is 1. The van der Waals surface area contributed by atoms with E-state index in [2.05, 4.69) is 24.2 Å². The first kappa shape index (κ1) is 42.6. The number of hydroxylamine groups is 1. The third kappa shape index (κ3) is 13.6. The van der Waals surface area contributed by atoms with Crippen LogP contribution in [0.25, 0.3) is 6.08 Å². The van der Waals surface area contributed by atoms with Gasteiger partial charge in [-0.15, -0.1) is 0 Å². The van der Waals surface area contributed by atoms with E-state index in [0.717, 1.165) is 30.8 Å². The Labute approximate surface area is 287 Å². The maximum absolute atomic E-state index is 14.2. The molecule has 0 spiro atoms. The van der Waals surface area contributed by atoms with E-state index >= 15 is 0 Å². The molecule has 11 nitrogen and oxygen atoms in total. The van der Waals surface area contributed by atoms with Gasteiger partial charge in [-0.3, -0.25) is 29.6 Å². The molecule has 268 valence electrons. The van der Waals surface area contributed by atoms with Crippen molar-refractivity contribution in [2.24, 2.45) is 34.9 Å². The molecule has 0 saturated heterocycles. The maximum atomic E-state index is 14.2. The van der Waals surface area contributed by atoms with Gasteiger partial charge in [-0.1, -0.05) is 102 Å². The fraction of sp³-hybridized carbons (Fsp3) is 0.528. The van der Waals surface area contributed by atoms with E-state index in [-0.39, 0.29) is 28.9 Å². The average molecular weight is 689 g/mol. The molecule has 2 amide bonds. The molecule has 12 heteroatoms. The second-order valence-electron chi connectivity index (χ2n) is 12.9. The molecule has 3 atom stereocenters. The van der Waals surface area contributed by atoms with Crippen LogP contribution < -0.4 is 16.7 Å². The molecule has 0 aliphatic carbocycles. The van der Waals surface area contributed by atoms with Gasteiger partial charge >= 0.3 is 0 Å². The van der Waals surface area contributed by atoms with E-state index in [1.165, 1.54) is 12.1 Å². The van der Waals surface area contributed by atoms with Crippen molar-refractivity contribution in [1.82, 2.24) is 15.8 Å². The summed E-state index contributed by atoms with van der Waals surface area (Å²) in [7, 11) is -4.02. The Balaban J connectivity index is 0.000000879. The minimum Gasteiger partial charge on any atom is -0.304 e. The largest absolute Gasteiger partial charge is 0.304 e. The van der Waals surface area contributed by atoms with Gasteiger partial charge in [-0.2, -0.15) is 8.42 Å². The Morgan fingerprint density at radius 3 is 1.98 bits per heavy atom. The number of Topliss-reactive ketones (excluding diaryl/α,β-unsaturated/α-hetero) is 1. The molecule has 0 bridgehead atoms. The van der Waals surface area contributed by atoms with Crippen LogP contribution in [0.2, 0.25) is 0 Å². The molecular formula is C36H56N4O7S. The smallest absolute Gasteiger partial charge is 0.294 e. The van der Waals surface area contributed by atoms with Crippen LogP contribution in [0, 0.1) is 36.0 Å². The third-order valence-corrected chi connectivity index (χ3v) is 9.15. The first-order valence-corrected chi connectivity index (χ1v) is 18.0. The molecule has 0 aliphatic heterocycles. The van der Waals surface area contributed by atoms with Gasteiger partial charge in [0, 0.05) is 6.42 Å². The second-order valence-corrected chi connectivity index (χ2v) is 14.3. The summed E-state index contributed by atoms with van der Waals surface area (Å²) < 4.78 is 29.6. The Morgan fingerprint density at radius 2 is 1.52 bits per heavy atom. The molecule has 0 fully saturated rings. The van der Waals surface area contributed by atoms with Crippen molar-refractivity contribution in [3.05, 3.63) is 71.8 Å². The summed E-state index contributed by atoms with van der Waals surface area (Å²) in [5, 5.41) is 9.82. The summed E-state index contributed by atoms with van der Waals surface area (Å²) in [6, 6.07) is 15.5. The molecule has 0 aliphatic rings. The van der Waals surface area contributed by atoms with E-state index in [1.54, 1.807) is 23.7 Å². The van der Waals surface area contributed by atoms with Crippen LogP contribution >= 0.6 is 0 Å². The highest BCUT2D eigenvalue weighted by Gasteiger charge is 2.52. The first-order valence-electron chi connectivity index (χ1n) is 16.5. The highest BCUT2D eigenvalue weighted by molar-refractivity contribution is 7.85. The fourth-order valence-electron chi connectivity index (χ4n) is 5.96. The molecule has 0 heterocycles. The van der Waals surface area contributed by atoms with E-state index < -0.39 is 39.2 Å². The summed E-state index contributed by atoms with van der Waals surface area (Å²) in [5.41, 5.74) is 4.47. The van der Waals surface area contributed by atoms with Gasteiger partial charge in [0.1, 0.15) is 5.78 Å². The number of hydrazine groups is 1. The predicted molar refractivity (Wildman–Crippen MR) is 189 cm³/mol. The highest BCUT2D eigenvalue weighted by atomic mass is 32.2. The number of nitrogens with one attached hydrogen (secondary N) is 2. The van der Waals surface area contributed by atoms with Gasteiger partial charge in [0.2, 0.25) is 11.8 Å². The molecule has 2 aromatic carbocycles. The topological polar surface area (TPSA) is 179 Å². The van der Waals surface area contributed by atoms with E-state index in [9.17, 15) is 28.0 Å². The summed E-state index contributed by atoms with van der Waals surface area (Å²) in [5.74, 6) is 2.16. The molecule has 0 saturated carbocycles. The lowest BCUT2D eigenvalue weighted by atomic mass is 9.60. The van der Waals surface area contributed by atoms with Crippen molar-refractivity contribution < 1.29 is 32.6 Å². The summed E-state index contributed by atoms with van der Waals surface area (Å²) in [4.78, 5) is 42.9. The molecular weight excluding hydrogens is 632 g/mol. The summed E-state index contributed by atoms with van der Waals surface area (Å²) >= 11 is 0. The zero-order valence-electron chi connectivity index (χ0n) is 29.5. The van der Waals surface area contributed by atoms with Crippen molar-refractivity contribution in [2.75, 3.05) is 19.6 Å². The third-order valence-electron chi connectivity index (χ3n) is 8.28. The lowest BCUT2D eigenvalue weighted by Gasteiger charge is -2.41. The molecule has 2 rings (SSSR count). The maximum Gasteiger partial charge on any atom is 0.294 e. The Morgan fingerprint density at radius 1 is 0.938 bits per heavy atom. The van der Waals surface area contributed by atoms with Gasteiger partial charge in [0.15, 0.2) is 0 Å². The number of rotatable bonds is 18. The van der Waals surface area contributed by atoms with Crippen LogP contribution in [0.5, 0.6) is 0 Å².